The fraction of sp³-hybridized carbons (Fsp3) is 0.438. The van der Waals surface area contributed by atoms with Crippen molar-refractivity contribution in [3.8, 4) is 0 Å². The summed E-state index contributed by atoms with van der Waals surface area (Å²) in [6.45, 7) is 2.59. The van der Waals surface area contributed by atoms with E-state index in [-0.39, 0.29) is 25.0 Å². The second-order valence-corrected chi connectivity index (χ2v) is 14.5. The summed E-state index contributed by atoms with van der Waals surface area (Å²) in [6.07, 6.45) is 6.28. The van der Waals surface area contributed by atoms with E-state index in [9.17, 15) is 17.8 Å². The van der Waals surface area contributed by atoms with Crippen molar-refractivity contribution in [3.05, 3.63) is 69.7 Å². The maximum atomic E-state index is 11.5. The van der Waals surface area contributed by atoms with Crippen LogP contribution in [0.2, 0.25) is 10.0 Å². The predicted molar refractivity (Wildman–Crippen MR) is 171 cm³/mol. The van der Waals surface area contributed by atoms with Crippen molar-refractivity contribution >= 4 is 67.3 Å². The summed E-state index contributed by atoms with van der Waals surface area (Å²) in [6, 6.07) is 11.7. The van der Waals surface area contributed by atoms with E-state index in [1.807, 2.05) is 30.3 Å². The van der Waals surface area contributed by atoms with E-state index >= 15 is 0 Å². The van der Waals surface area contributed by atoms with Crippen molar-refractivity contribution in [3.63, 3.8) is 0 Å². The summed E-state index contributed by atoms with van der Waals surface area (Å²) in [5.41, 5.74) is 6.11. The fourth-order valence-corrected chi connectivity index (χ4v) is 8.15. The Balaban J connectivity index is 1.33. The molecule has 0 spiro atoms. The molecule has 13 heteroatoms. The first-order valence-electron chi connectivity index (χ1n) is 15.4. The number of carboxylic acid groups (broad SMARTS) is 1. The average molecular weight is 674 g/mol. The molecule has 3 aromatic rings. The standard InChI is InChI=1S/C32H34Cl2N4O6S/c33-20-7-9-25-26(17-20)36(13-4-16-45(41,42)43)32-23-19-22-29(44-28(23)10-14-37(25)32)11-15-38-27-18-21(34)6-8-24(27)35(31(22)38)12-3-1-2-5-30(39)40/h6-9,17-19,28-29H,1-5,10-16H2,(H-,39,40,41,42,43). The fourth-order valence-electron chi connectivity index (χ4n) is 7.34. The quantitative estimate of drug-likeness (QED) is 0.175. The first-order valence-corrected chi connectivity index (χ1v) is 17.8. The van der Waals surface area contributed by atoms with E-state index in [0.717, 1.165) is 90.5 Å². The lowest BCUT2D eigenvalue weighted by Gasteiger charge is -2.40. The summed E-state index contributed by atoms with van der Waals surface area (Å²) in [4.78, 5) is 15.7. The number of carbonyl (C=O) groups is 1. The molecule has 7 rings (SSSR count). The molecule has 0 aliphatic carbocycles. The lowest BCUT2D eigenvalue weighted by Crippen LogP contribution is -2.49. The third kappa shape index (κ3) is 5.74. The number of anilines is 2. The van der Waals surface area contributed by atoms with Gasteiger partial charge in [0.15, 0.2) is 11.0 Å². The molecule has 0 saturated carbocycles. The number of imidazole rings is 1. The molecule has 2 atom stereocenters. The van der Waals surface area contributed by atoms with E-state index in [1.54, 1.807) is 0 Å². The highest BCUT2D eigenvalue weighted by Gasteiger charge is 2.45. The van der Waals surface area contributed by atoms with Gasteiger partial charge in [-0.3, -0.25) is 4.79 Å². The molecular formula is C32H34Cl2N4O6S. The zero-order chi connectivity index (χ0) is 31.5. The van der Waals surface area contributed by atoms with E-state index in [2.05, 4.69) is 31.1 Å². The minimum Gasteiger partial charge on any atom is -0.748 e. The van der Waals surface area contributed by atoms with Crippen LogP contribution in [0, 0.1) is 0 Å². The number of ether oxygens (including phenoxy) is 1. The number of nitrogens with zero attached hydrogens (tertiary/aromatic N) is 4. The number of aryl methyl sites for hydroxylation is 2. The number of aromatic nitrogens is 2. The molecule has 4 aliphatic rings. The maximum Gasteiger partial charge on any atom is 0.303 e. The van der Waals surface area contributed by atoms with E-state index in [4.69, 9.17) is 33.0 Å². The molecule has 2 unspecified atom stereocenters. The van der Waals surface area contributed by atoms with E-state index < -0.39 is 21.8 Å². The number of hydrogen-bond acceptors (Lipinski definition) is 7. The molecule has 1 aromatic heterocycles. The number of unbranched alkanes of at least 4 members (excludes halogenated alkanes) is 2. The SMILES string of the molecule is O=C(O)CCCCCN1C2=C3C=C4c5n(CCCS(=O)(=O)[O-])c6cc(Cl)ccc6[n+]5CCC4OC3CCN2c2cc(Cl)ccc21. The van der Waals surface area contributed by atoms with Crippen molar-refractivity contribution in [2.45, 2.75) is 70.2 Å². The Morgan fingerprint density at radius 3 is 2.60 bits per heavy atom. The smallest absolute Gasteiger partial charge is 0.303 e. The van der Waals surface area contributed by atoms with Crippen molar-refractivity contribution in [1.82, 2.24) is 4.57 Å². The molecule has 0 bridgehead atoms. The highest BCUT2D eigenvalue weighted by Crippen LogP contribution is 2.49. The molecule has 5 heterocycles. The van der Waals surface area contributed by atoms with E-state index in [0.29, 0.717) is 23.0 Å². The van der Waals surface area contributed by atoms with Gasteiger partial charge < -0.3 is 24.2 Å². The van der Waals surface area contributed by atoms with Crippen LogP contribution in [0.5, 0.6) is 0 Å². The van der Waals surface area contributed by atoms with Crippen molar-refractivity contribution in [2.24, 2.45) is 0 Å². The Morgan fingerprint density at radius 2 is 1.80 bits per heavy atom. The highest BCUT2D eigenvalue weighted by molar-refractivity contribution is 7.85. The molecule has 0 fully saturated rings. The highest BCUT2D eigenvalue weighted by atomic mass is 35.5. The molecule has 45 heavy (non-hydrogen) atoms. The minimum atomic E-state index is -4.35. The summed E-state index contributed by atoms with van der Waals surface area (Å²) < 4.78 is 45.6. The van der Waals surface area contributed by atoms with Gasteiger partial charge in [0, 0.05) is 53.4 Å². The van der Waals surface area contributed by atoms with Gasteiger partial charge in [-0.2, -0.15) is 0 Å². The Bertz CT molecular complexity index is 1870. The van der Waals surface area contributed by atoms with Crippen molar-refractivity contribution in [1.29, 1.82) is 0 Å². The van der Waals surface area contributed by atoms with Gasteiger partial charge in [-0.25, -0.2) is 17.6 Å². The van der Waals surface area contributed by atoms with Crippen LogP contribution in [0.4, 0.5) is 11.4 Å². The number of fused-ring (bicyclic) bond motifs is 9. The van der Waals surface area contributed by atoms with Crippen LogP contribution in [-0.2, 0) is 32.7 Å². The van der Waals surface area contributed by atoms with Gasteiger partial charge in [-0.15, -0.1) is 0 Å². The molecule has 2 aromatic carbocycles. The second-order valence-electron chi connectivity index (χ2n) is 12.1. The topological polar surface area (TPSA) is 119 Å². The number of rotatable bonds is 10. The molecule has 1 N–H and O–H groups in total. The maximum absolute atomic E-state index is 11.5. The molecule has 238 valence electrons. The third-order valence-corrected chi connectivity index (χ3v) is 10.4. The lowest BCUT2D eigenvalue weighted by atomic mass is 9.90. The Kier molecular flexibility index (Phi) is 8.10. The van der Waals surface area contributed by atoms with Gasteiger partial charge in [-0.1, -0.05) is 29.6 Å². The van der Waals surface area contributed by atoms with Crippen LogP contribution in [0.15, 0.2) is 53.9 Å². The first-order chi connectivity index (χ1) is 21.6. The lowest BCUT2D eigenvalue weighted by molar-refractivity contribution is -0.679. The molecule has 4 aliphatic heterocycles. The zero-order valence-electron chi connectivity index (χ0n) is 24.6. The van der Waals surface area contributed by atoms with Crippen LogP contribution in [-0.4, -0.2) is 59.7 Å². The molecule has 10 nitrogen and oxygen atoms in total. The summed E-state index contributed by atoms with van der Waals surface area (Å²) in [5, 5.41) is 10.3. The summed E-state index contributed by atoms with van der Waals surface area (Å²) >= 11 is 12.9. The monoisotopic (exact) mass is 672 g/mol. The Labute approximate surface area is 271 Å². The third-order valence-electron chi connectivity index (χ3n) is 9.19. The van der Waals surface area contributed by atoms with Gasteiger partial charge in [0.1, 0.15) is 5.82 Å². The van der Waals surface area contributed by atoms with Crippen LogP contribution < -0.4 is 14.4 Å². The zero-order valence-corrected chi connectivity index (χ0v) is 27.0. The van der Waals surface area contributed by atoms with Crippen molar-refractivity contribution in [2.75, 3.05) is 28.6 Å². The predicted octanol–water partition coefficient (Wildman–Crippen LogP) is 5.31. The molecule has 0 saturated heterocycles. The van der Waals surface area contributed by atoms with Crippen LogP contribution in [0.3, 0.4) is 0 Å². The molecule has 0 amide bonds. The summed E-state index contributed by atoms with van der Waals surface area (Å²) in [7, 11) is -4.35. The van der Waals surface area contributed by atoms with Gasteiger partial charge in [-0.05, 0) is 62.1 Å². The normalized spacial score (nSPS) is 20.5. The van der Waals surface area contributed by atoms with Crippen LogP contribution >= 0.6 is 23.2 Å². The van der Waals surface area contributed by atoms with Gasteiger partial charge in [0.2, 0.25) is 0 Å². The summed E-state index contributed by atoms with van der Waals surface area (Å²) in [5.74, 6) is 0.782. The second kappa shape index (κ2) is 11.9. The molecular weight excluding hydrogens is 639 g/mol. The number of halogens is 2. The number of carboxylic acids is 1. The molecule has 0 radical (unpaired) electrons. The van der Waals surface area contributed by atoms with Crippen molar-refractivity contribution < 1.29 is 32.2 Å². The Hall–Kier alpha value is -3.09. The number of aliphatic carboxylic acids is 1. The number of hydrogen-bond donors (Lipinski definition) is 1. The van der Waals surface area contributed by atoms with Crippen LogP contribution in [0.1, 0.15) is 50.8 Å². The Morgan fingerprint density at radius 1 is 1.00 bits per heavy atom. The number of benzene rings is 2. The first kappa shape index (κ1) is 30.6. The minimum absolute atomic E-state index is 0.0891. The van der Waals surface area contributed by atoms with Gasteiger partial charge in [0.05, 0.1) is 52.4 Å². The largest absolute Gasteiger partial charge is 0.748 e. The van der Waals surface area contributed by atoms with Gasteiger partial charge in [0.25, 0.3) is 5.82 Å². The van der Waals surface area contributed by atoms with E-state index in [1.165, 1.54) is 0 Å². The average Bonchev–Trinajstić information content (AvgIpc) is 3.47. The van der Waals surface area contributed by atoms with Crippen LogP contribution in [0.25, 0.3) is 16.6 Å². The van der Waals surface area contributed by atoms with Gasteiger partial charge >= 0.3 is 5.97 Å².